The number of hydrogen-bond acceptors (Lipinski definition) is 5. The fraction of sp³-hybridized carbons (Fsp3) is 0.444. The van der Waals surface area contributed by atoms with Crippen molar-refractivity contribution in [3.8, 4) is 11.3 Å². The number of carbonyl (C=O) groups is 2. The number of rotatable bonds is 7. The molecule has 2 unspecified atom stereocenters. The predicted molar refractivity (Wildman–Crippen MR) is 185 cm³/mol. The summed E-state index contributed by atoms with van der Waals surface area (Å²) in [5.74, 6) is 0.536. The molecule has 1 aromatic heterocycles. The van der Waals surface area contributed by atoms with Crippen LogP contribution >= 0.6 is 15.9 Å². The largest absolute Gasteiger partial charge is 0.453 e. The third-order valence-corrected chi connectivity index (χ3v) is 9.61. The number of amides is 2. The first kappa shape index (κ1) is 32.7. The van der Waals surface area contributed by atoms with Gasteiger partial charge in [-0.25, -0.2) is 9.78 Å². The van der Waals surface area contributed by atoms with Gasteiger partial charge in [0.2, 0.25) is 5.91 Å². The van der Waals surface area contributed by atoms with E-state index in [2.05, 4.69) is 81.3 Å². The van der Waals surface area contributed by atoms with Crippen LogP contribution in [0.4, 0.5) is 4.79 Å². The number of halogens is 1. The Hall–Kier alpha value is -3.72. The first-order valence-electron chi connectivity index (χ1n) is 16.0. The predicted octanol–water partition coefficient (Wildman–Crippen LogP) is 8.71. The topological polar surface area (TPSA) is 99.7 Å². The number of likely N-dealkylation sites (tertiary alicyclic amines) is 1. The second-order valence-corrected chi connectivity index (χ2v) is 13.5. The van der Waals surface area contributed by atoms with Crippen molar-refractivity contribution in [2.24, 2.45) is 10.9 Å². The number of aromatic amines is 1. The highest BCUT2D eigenvalue weighted by Crippen LogP contribution is 2.41. The number of H-pyrrole nitrogens is 1. The molecule has 0 radical (unpaired) electrons. The normalized spacial score (nSPS) is 20.4. The van der Waals surface area contributed by atoms with E-state index in [-0.39, 0.29) is 17.9 Å². The van der Waals surface area contributed by atoms with Gasteiger partial charge in [0.05, 0.1) is 30.7 Å². The molecule has 45 heavy (non-hydrogen) atoms. The van der Waals surface area contributed by atoms with Crippen molar-refractivity contribution < 1.29 is 14.3 Å². The van der Waals surface area contributed by atoms with Crippen LogP contribution in [0.5, 0.6) is 0 Å². The highest BCUT2D eigenvalue weighted by molar-refractivity contribution is 9.11. The zero-order valence-electron chi connectivity index (χ0n) is 26.8. The van der Waals surface area contributed by atoms with Gasteiger partial charge in [0.15, 0.2) is 0 Å². The summed E-state index contributed by atoms with van der Waals surface area (Å²) in [6, 6.07) is 11.8. The zero-order chi connectivity index (χ0) is 32.1. The highest BCUT2D eigenvalue weighted by Gasteiger charge is 2.37. The smallest absolute Gasteiger partial charge is 0.407 e. The maximum Gasteiger partial charge on any atom is 0.407 e. The lowest BCUT2D eigenvalue weighted by atomic mass is 9.87. The molecule has 1 aliphatic heterocycles. The number of benzene rings is 2. The molecule has 0 spiro atoms. The Morgan fingerprint density at radius 3 is 2.44 bits per heavy atom. The van der Waals surface area contributed by atoms with Crippen LogP contribution in [0.25, 0.3) is 27.7 Å². The molecule has 238 valence electrons. The van der Waals surface area contributed by atoms with E-state index in [0.717, 1.165) is 71.2 Å². The van der Waals surface area contributed by atoms with Gasteiger partial charge in [-0.05, 0) is 84.5 Å². The van der Waals surface area contributed by atoms with Crippen molar-refractivity contribution in [2.45, 2.75) is 84.2 Å². The Bertz CT molecular complexity index is 1630. The average molecular weight is 675 g/mol. The number of carbonyl (C=O) groups excluding carboxylic acids is 2. The van der Waals surface area contributed by atoms with Crippen LogP contribution < -0.4 is 5.32 Å². The molecule has 8 nitrogen and oxygen atoms in total. The minimum absolute atomic E-state index is 0.0905. The highest BCUT2D eigenvalue weighted by atomic mass is 79.9. The molecule has 2 atom stereocenters. The number of nitrogens with zero attached hydrogens (tertiary/aromatic N) is 3. The molecule has 1 aliphatic carbocycles. The van der Waals surface area contributed by atoms with E-state index in [9.17, 15) is 9.59 Å². The minimum atomic E-state index is -0.674. The van der Waals surface area contributed by atoms with Crippen LogP contribution in [0.15, 0.2) is 63.2 Å². The number of hydrogen-bond donors (Lipinski definition) is 2. The quantitative estimate of drug-likeness (QED) is 0.245. The third kappa shape index (κ3) is 6.93. The Balaban J connectivity index is 1.51. The summed E-state index contributed by atoms with van der Waals surface area (Å²) < 4.78 is 5.95. The molecule has 9 heteroatoms. The van der Waals surface area contributed by atoms with E-state index in [4.69, 9.17) is 9.72 Å². The standard InChI is InChI=1S/C36H44BrN5O3/c1-22(2)32(41-36(44)45-5)35(43)42-20-12-17-31(42)34-39-21-30(40-34)27-18-19-29(26-15-11-10-14-25(26)27)33(38-4)28-16-9-7-6-8-13-24(28)23(3)37/h10-11,14-15,18-19,21-22,31-32H,4,6-9,12-13,16-17,20H2,1-3,5H3,(H,39,40)(H,41,44)/b24-23+,33-28-. The Kier molecular flexibility index (Phi) is 10.6. The van der Waals surface area contributed by atoms with E-state index in [0.29, 0.717) is 6.54 Å². The van der Waals surface area contributed by atoms with E-state index in [1.807, 2.05) is 24.9 Å². The fourth-order valence-electron chi connectivity index (χ4n) is 6.82. The SMILES string of the molecule is C=N/C(=C1/CCCCCC/C1=C(/C)Br)c1ccc(-c2cnc(C3CCCN3C(=O)C(NC(=O)OC)C(C)C)[nH]2)c2ccccc12. The lowest BCUT2D eigenvalue weighted by Gasteiger charge is -2.30. The molecule has 1 saturated carbocycles. The van der Waals surface area contributed by atoms with Gasteiger partial charge >= 0.3 is 6.09 Å². The maximum absolute atomic E-state index is 13.6. The van der Waals surface area contributed by atoms with Gasteiger partial charge in [-0.1, -0.05) is 79.0 Å². The molecule has 2 fully saturated rings. The number of methoxy groups -OCH3 is 1. The third-order valence-electron chi connectivity index (χ3n) is 9.14. The number of aromatic nitrogens is 2. The molecule has 3 aromatic rings. The van der Waals surface area contributed by atoms with Gasteiger partial charge in [0.25, 0.3) is 0 Å². The van der Waals surface area contributed by atoms with Gasteiger partial charge in [-0.15, -0.1) is 0 Å². The Morgan fingerprint density at radius 1 is 1.07 bits per heavy atom. The molecule has 1 saturated heterocycles. The van der Waals surface area contributed by atoms with Gasteiger partial charge in [0.1, 0.15) is 11.9 Å². The molecule has 2 N–H and O–H groups in total. The lowest BCUT2D eigenvalue weighted by molar-refractivity contribution is -0.135. The van der Waals surface area contributed by atoms with Crippen LogP contribution in [-0.2, 0) is 9.53 Å². The fourth-order valence-corrected chi connectivity index (χ4v) is 7.26. The van der Waals surface area contributed by atoms with Crippen LogP contribution in [0.1, 0.15) is 89.6 Å². The second kappa shape index (κ2) is 14.6. The van der Waals surface area contributed by atoms with E-state index < -0.39 is 12.1 Å². The summed E-state index contributed by atoms with van der Waals surface area (Å²) in [5.41, 5.74) is 6.60. The van der Waals surface area contributed by atoms with Gasteiger partial charge in [0, 0.05) is 17.7 Å². The number of nitrogens with one attached hydrogen (secondary N) is 2. The average Bonchev–Trinajstić information content (AvgIpc) is 3.70. The number of aliphatic imine (C=N–C) groups is 1. The van der Waals surface area contributed by atoms with Crippen LogP contribution in [0.3, 0.4) is 0 Å². The number of imidazole rings is 1. The molecule has 5 rings (SSSR count). The molecule has 2 amide bonds. The summed E-state index contributed by atoms with van der Waals surface area (Å²) in [7, 11) is 1.30. The summed E-state index contributed by atoms with van der Waals surface area (Å²) >= 11 is 3.79. The lowest BCUT2D eigenvalue weighted by Crippen LogP contribution is -2.51. The van der Waals surface area contributed by atoms with Crippen molar-refractivity contribution in [3.63, 3.8) is 0 Å². The minimum Gasteiger partial charge on any atom is -0.453 e. The van der Waals surface area contributed by atoms with Gasteiger partial charge in [-0.2, -0.15) is 0 Å². The number of ether oxygens (including phenoxy) is 1. The van der Waals surface area contributed by atoms with E-state index in [1.165, 1.54) is 42.0 Å². The van der Waals surface area contributed by atoms with Crippen molar-refractivity contribution in [1.82, 2.24) is 20.2 Å². The molecular formula is C36H44BrN5O3. The van der Waals surface area contributed by atoms with Gasteiger partial charge in [-0.3, -0.25) is 9.79 Å². The van der Waals surface area contributed by atoms with Crippen LogP contribution in [0, 0.1) is 5.92 Å². The Morgan fingerprint density at radius 2 is 1.78 bits per heavy atom. The Labute approximate surface area is 274 Å². The molecule has 2 aliphatic rings. The van der Waals surface area contributed by atoms with Crippen LogP contribution in [0.2, 0.25) is 0 Å². The monoisotopic (exact) mass is 673 g/mol. The first-order chi connectivity index (χ1) is 21.7. The van der Waals surface area contributed by atoms with Crippen LogP contribution in [-0.4, -0.2) is 53.3 Å². The van der Waals surface area contributed by atoms with Crippen molar-refractivity contribution in [3.05, 3.63) is 69.6 Å². The summed E-state index contributed by atoms with van der Waals surface area (Å²) in [6.45, 7) is 10.6. The number of fused-ring (bicyclic) bond motifs is 1. The molecule has 2 heterocycles. The zero-order valence-corrected chi connectivity index (χ0v) is 28.4. The van der Waals surface area contributed by atoms with Gasteiger partial charge < -0.3 is 19.9 Å². The maximum atomic E-state index is 13.6. The number of allylic oxidation sites excluding steroid dienone is 3. The molecule has 0 bridgehead atoms. The van der Waals surface area contributed by atoms with Crippen molar-refractivity contribution in [1.29, 1.82) is 0 Å². The molecule has 2 aromatic carbocycles. The first-order valence-corrected chi connectivity index (χ1v) is 16.8. The summed E-state index contributed by atoms with van der Waals surface area (Å²) in [4.78, 5) is 40.4. The summed E-state index contributed by atoms with van der Waals surface area (Å²) in [6.07, 6.45) is 9.74. The summed E-state index contributed by atoms with van der Waals surface area (Å²) in [5, 5.41) is 4.93. The second-order valence-electron chi connectivity index (χ2n) is 12.3. The van der Waals surface area contributed by atoms with E-state index in [1.54, 1.807) is 0 Å². The van der Waals surface area contributed by atoms with Crippen molar-refractivity contribution in [2.75, 3.05) is 13.7 Å². The number of alkyl carbamates (subject to hydrolysis) is 1. The van der Waals surface area contributed by atoms with Crippen molar-refractivity contribution >= 4 is 51.1 Å². The van der Waals surface area contributed by atoms with E-state index >= 15 is 0 Å². The molecular weight excluding hydrogens is 630 g/mol.